The summed E-state index contributed by atoms with van der Waals surface area (Å²) in [6, 6.07) is 0. The lowest BCUT2D eigenvalue weighted by Gasteiger charge is -2.19. The van der Waals surface area contributed by atoms with Crippen molar-refractivity contribution in [2.24, 2.45) is 0 Å². The van der Waals surface area contributed by atoms with Gasteiger partial charge in [-0.05, 0) is 0 Å². The van der Waals surface area contributed by atoms with Crippen molar-refractivity contribution in [3.8, 4) is 17.2 Å². The Morgan fingerprint density at radius 2 is 1.45 bits per heavy atom. The molecule has 1 rings (SSSR count). The first kappa shape index (κ1) is 15.9. The summed E-state index contributed by atoms with van der Waals surface area (Å²) in [4.78, 5) is 20.7. The van der Waals surface area contributed by atoms with Crippen LogP contribution in [0.1, 0.15) is 22.0 Å². The van der Waals surface area contributed by atoms with Crippen LogP contribution >= 0.6 is 12.6 Å². The van der Waals surface area contributed by atoms with Gasteiger partial charge in [-0.15, -0.1) is 12.6 Å². The molecular weight excluding hydrogens is 296 g/mol. The van der Waals surface area contributed by atoms with Gasteiger partial charge in [0.25, 0.3) is 0 Å². The number of hydrogen-bond donors (Lipinski definition) is 8. The fourth-order valence-corrected chi connectivity index (χ4v) is 1.81. The highest BCUT2D eigenvalue weighted by atomic mass is 32.1. The van der Waals surface area contributed by atoms with Crippen molar-refractivity contribution < 1.29 is 45.3 Å². The fraction of sp³-hybridized carbons (Fsp3) is 0.200. The van der Waals surface area contributed by atoms with Crippen molar-refractivity contribution >= 4 is 24.6 Å². The van der Waals surface area contributed by atoms with E-state index in [2.05, 4.69) is 12.6 Å². The minimum absolute atomic E-state index is 0.709. The average molecular weight is 306 g/mol. The molecule has 0 bridgehead atoms. The van der Waals surface area contributed by atoms with Crippen LogP contribution < -0.4 is 0 Å². The van der Waals surface area contributed by atoms with Crippen molar-refractivity contribution in [3.05, 3.63) is 11.1 Å². The molecule has 0 saturated carbocycles. The number of aromatic hydroxyl groups is 3. The van der Waals surface area contributed by atoms with Crippen molar-refractivity contribution in [2.75, 3.05) is 0 Å². The number of phenols is 3. The summed E-state index contributed by atoms with van der Waals surface area (Å²) in [6.07, 6.45) is -4.73. The molecule has 110 valence electrons. The third kappa shape index (κ3) is 2.43. The maximum absolute atomic E-state index is 10.8. The molecule has 0 heterocycles. The molecular formula is C10H10O9S. The predicted molar refractivity (Wildman–Crippen MR) is 64.3 cm³/mol. The molecule has 0 spiro atoms. The van der Waals surface area contributed by atoms with E-state index in [-0.39, 0.29) is 0 Å². The van der Waals surface area contributed by atoms with Gasteiger partial charge >= 0.3 is 11.9 Å². The number of aliphatic carboxylic acids is 1. The maximum atomic E-state index is 10.8. The van der Waals surface area contributed by atoms with Crippen LogP contribution in [-0.4, -0.2) is 53.8 Å². The van der Waals surface area contributed by atoms with E-state index in [1.54, 1.807) is 0 Å². The van der Waals surface area contributed by atoms with Gasteiger partial charge in [0.05, 0.1) is 10.5 Å². The normalized spacial score (nSPS) is 13.8. The van der Waals surface area contributed by atoms with E-state index in [9.17, 15) is 30.0 Å². The Labute approximate surface area is 116 Å². The van der Waals surface area contributed by atoms with Gasteiger partial charge in [-0.3, -0.25) is 0 Å². The van der Waals surface area contributed by atoms with E-state index in [1.807, 2.05) is 0 Å². The number of carbonyl (C=O) groups is 2. The van der Waals surface area contributed by atoms with Crippen LogP contribution in [0.4, 0.5) is 0 Å². The molecule has 0 aliphatic carbocycles. The number of hydrogen-bond acceptors (Lipinski definition) is 8. The number of thiol groups is 1. The SMILES string of the molecule is O=C(O)c1c(O)c(O)c(C(O)C(O)C(=O)O)c(O)c1S. The number of aromatic carboxylic acids is 1. The number of benzene rings is 1. The van der Waals surface area contributed by atoms with Gasteiger partial charge in [-0.2, -0.15) is 0 Å². The highest BCUT2D eigenvalue weighted by Gasteiger charge is 2.34. The largest absolute Gasteiger partial charge is 0.506 e. The molecule has 9 nitrogen and oxygen atoms in total. The molecule has 1 aromatic carbocycles. The average Bonchev–Trinajstić information content (AvgIpc) is 2.35. The molecule has 2 atom stereocenters. The van der Waals surface area contributed by atoms with Gasteiger partial charge in [0.2, 0.25) is 0 Å². The van der Waals surface area contributed by atoms with E-state index in [1.165, 1.54) is 0 Å². The molecule has 0 saturated heterocycles. The van der Waals surface area contributed by atoms with Crippen LogP contribution in [0.5, 0.6) is 17.2 Å². The van der Waals surface area contributed by atoms with Gasteiger partial charge in [-0.25, -0.2) is 9.59 Å². The van der Waals surface area contributed by atoms with E-state index >= 15 is 0 Å². The van der Waals surface area contributed by atoms with Crippen LogP contribution in [0.15, 0.2) is 4.90 Å². The third-order valence-corrected chi connectivity index (χ3v) is 2.93. The van der Waals surface area contributed by atoms with Gasteiger partial charge in [0, 0.05) is 0 Å². The number of aliphatic hydroxyl groups excluding tert-OH is 2. The molecule has 0 aliphatic rings. The molecule has 7 N–H and O–H groups in total. The fourth-order valence-electron chi connectivity index (χ4n) is 1.49. The quantitative estimate of drug-likeness (QED) is 0.202. The van der Waals surface area contributed by atoms with Crippen molar-refractivity contribution in [1.29, 1.82) is 0 Å². The minimum Gasteiger partial charge on any atom is -0.506 e. The Hall–Kier alpha value is -2.17. The second-order valence-electron chi connectivity index (χ2n) is 3.72. The minimum atomic E-state index is -2.42. The summed E-state index contributed by atoms with van der Waals surface area (Å²) in [7, 11) is 0. The highest BCUT2D eigenvalue weighted by Crippen LogP contribution is 2.47. The Morgan fingerprint density at radius 1 is 0.950 bits per heavy atom. The van der Waals surface area contributed by atoms with E-state index in [4.69, 9.17) is 15.3 Å². The van der Waals surface area contributed by atoms with Crippen LogP contribution in [0.2, 0.25) is 0 Å². The summed E-state index contributed by atoms with van der Waals surface area (Å²) in [5.74, 6) is -7.16. The van der Waals surface area contributed by atoms with Crippen LogP contribution in [0.25, 0.3) is 0 Å². The number of carboxylic acid groups (broad SMARTS) is 2. The molecule has 0 aromatic heterocycles. The van der Waals surface area contributed by atoms with Crippen molar-refractivity contribution in [3.63, 3.8) is 0 Å². The van der Waals surface area contributed by atoms with E-state index < -0.39 is 57.4 Å². The van der Waals surface area contributed by atoms with Crippen LogP contribution in [0, 0.1) is 0 Å². The molecule has 2 unspecified atom stereocenters. The summed E-state index contributed by atoms with van der Waals surface area (Å²) in [5, 5.41) is 64.7. The Bertz CT molecular complexity index is 554. The second-order valence-corrected chi connectivity index (χ2v) is 4.16. The van der Waals surface area contributed by atoms with E-state index in [0.29, 0.717) is 0 Å². The Morgan fingerprint density at radius 3 is 1.85 bits per heavy atom. The van der Waals surface area contributed by atoms with Gasteiger partial charge in [-0.1, -0.05) is 0 Å². The highest BCUT2D eigenvalue weighted by molar-refractivity contribution is 7.80. The number of carboxylic acids is 2. The van der Waals surface area contributed by atoms with Crippen LogP contribution in [0.3, 0.4) is 0 Å². The number of rotatable bonds is 4. The summed E-state index contributed by atoms with van der Waals surface area (Å²) < 4.78 is 0. The summed E-state index contributed by atoms with van der Waals surface area (Å²) in [6.45, 7) is 0. The Balaban J connectivity index is 3.59. The number of phenolic OH excluding ortho intramolecular Hbond substituents is 2. The van der Waals surface area contributed by atoms with Gasteiger partial charge in [0.15, 0.2) is 17.6 Å². The van der Waals surface area contributed by atoms with Crippen molar-refractivity contribution in [1.82, 2.24) is 0 Å². The topological polar surface area (TPSA) is 176 Å². The van der Waals surface area contributed by atoms with Crippen LogP contribution in [-0.2, 0) is 4.79 Å². The predicted octanol–water partition coefficient (Wildman–Crippen LogP) is -0.731. The lowest BCUT2D eigenvalue weighted by molar-refractivity contribution is -0.153. The van der Waals surface area contributed by atoms with Crippen molar-refractivity contribution in [2.45, 2.75) is 17.1 Å². The first-order valence-electron chi connectivity index (χ1n) is 4.93. The maximum Gasteiger partial charge on any atom is 0.340 e. The standard InChI is InChI=1S/C10H10O9S/c11-3-1(4(12)7(15)10(18)19)6(14)8(20)2(5(3)13)9(16)17/h4,7,11-15,20H,(H,16,17)(H,18,19). The zero-order valence-electron chi connectivity index (χ0n) is 9.55. The zero-order valence-corrected chi connectivity index (χ0v) is 10.4. The molecule has 0 fully saturated rings. The first-order valence-corrected chi connectivity index (χ1v) is 5.37. The molecule has 20 heavy (non-hydrogen) atoms. The number of aliphatic hydroxyl groups is 2. The Kier molecular flexibility index (Phi) is 4.33. The molecule has 1 aromatic rings. The van der Waals surface area contributed by atoms with Gasteiger partial charge in [0.1, 0.15) is 17.4 Å². The summed E-state index contributed by atoms with van der Waals surface area (Å²) >= 11 is 3.61. The third-order valence-electron chi connectivity index (χ3n) is 2.49. The lowest BCUT2D eigenvalue weighted by Crippen LogP contribution is -2.27. The van der Waals surface area contributed by atoms with E-state index in [0.717, 1.165) is 0 Å². The monoisotopic (exact) mass is 306 g/mol. The summed E-state index contributed by atoms with van der Waals surface area (Å²) in [5.41, 5.74) is -1.89. The molecule has 0 radical (unpaired) electrons. The van der Waals surface area contributed by atoms with Gasteiger partial charge < -0.3 is 35.7 Å². The molecule has 10 heteroatoms. The molecule has 0 aliphatic heterocycles. The smallest absolute Gasteiger partial charge is 0.340 e. The molecule has 0 amide bonds. The zero-order chi connectivity index (χ0) is 15.8. The first-order chi connectivity index (χ1) is 9.11. The lowest BCUT2D eigenvalue weighted by atomic mass is 9.99. The second kappa shape index (κ2) is 5.45.